The molecule has 0 rings (SSSR count). The highest BCUT2D eigenvalue weighted by atomic mass is 31.2. The van der Waals surface area contributed by atoms with Gasteiger partial charge in [0, 0.05) is 6.42 Å². The highest BCUT2D eigenvalue weighted by molar-refractivity contribution is 7.47. The number of ether oxygens (including phenoxy) is 2. The molecule has 0 saturated carbocycles. The first-order chi connectivity index (χ1) is 25.1. The van der Waals surface area contributed by atoms with Crippen molar-refractivity contribution in [2.75, 3.05) is 47.5 Å². The molecule has 0 heterocycles. The standard InChI is InChI=1S/C43H82NO7P/c1-6-8-10-12-14-16-18-20-22-23-25-27-29-31-33-35-38-48-40-42(41-50-52(46,47)49-39-37-44(3,4)5)51-43(45)36-34-32-30-28-26-24-21-19-17-15-13-11-9-7-2/h13,15,19,21,35,38,42H,6-12,14,16-18,20,22-34,36-37,39-41H2,1-5H3/p+1/b15-13+,21-19+,38-35+/t42-/m1/s1. The van der Waals surface area contributed by atoms with E-state index in [2.05, 4.69) is 38.2 Å². The van der Waals surface area contributed by atoms with Crippen LogP contribution >= 0.6 is 7.82 Å². The van der Waals surface area contributed by atoms with Gasteiger partial charge in [-0.3, -0.25) is 13.8 Å². The van der Waals surface area contributed by atoms with Crippen molar-refractivity contribution in [3.8, 4) is 0 Å². The summed E-state index contributed by atoms with van der Waals surface area (Å²) in [5.41, 5.74) is 0. The van der Waals surface area contributed by atoms with E-state index >= 15 is 0 Å². The third-order valence-electron chi connectivity index (χ3n) is 9.02. The summed E-state index contributed by atoms with van der Waals surface area (Å²) in [6.45, 7) is 4.88. The quantitative estimate of drug-likeness (QED) is 0.0167. The first kappa shape index (κ1) is 50.6. The molecule has 0 aliphatic carbocycles. The monoisotopic (exact) mass is 757 g/mol. The number of quaternary nitrogens is 1. The van der Waals surface area contributed by atoms with Gasteiger partial charge in [-0.15, -0.1) is 0 Å². The van der Waals surface area contributed by atoms with Gasteiger partial charge in [0.2, 0.25) is 0 Å². The minimum atomic E-state index is -4.29. The zero-order chi connectivity index (χ0) is 38.4. The Morgan fingerprint density at radius 3 is 1.63 bits per heavy atom. The fourth-order valence-corrected chi connectivity index (χ4v) is 6.39. The van der Waals surface area contributed by atoms with Crippen LogP contribution in [0.1, 0.15) is 181 Å². The van der Waals surface area contributed by atoms with Crippen molar-refractivity contribution in [3.05, 3.63) is 36.6 Å². The second-order valence-corrected chi connectivity index (χ2v) is 16.9. The van der Waals surface area contributed by atoms with E-state index in [1.165, 1.54) is 103 Å². The summed E-state index contributed by atoms with van der Waals surface area (Å²) in [5.74, 6) is -0.350. The van der Waals surface area contributed by atoms with E-state index in [1.807, 2.05) is 27.2 Å². The van der Waals surface area contributed by atoms with Crippen molar-refractivity contribution >= 4 is 13.8 Å². The highest BCUT2D eigenvalue weighted by Crippen LogP contribution is 2.43. The van der Waals surface area contributed by atoms with Crippen molar-refractivity contribution < 1.29 is 37.3 Å². The molecule has 0 saturated heterocycles. The largest absolute Gasteiger partial charge is 0.498 e. The average Bonchev–Trinajstić information content (AvgIpc) is 3.09. The summed E-state index contributed by atoms with van der Waals surface area (Å²) in [6.07, 6.45) is 42.7. The van der Waals surface area contributed by atoms with Gasteiger partial charge in [-0.05, 0) is 51.0 Å². The molecule has 0 spiro atoms. The third kappa shape index (κ3) is 39.8. The molecular formula is C43H83NO7P+. The first-order valence-corrected chi connectivity index (χ1v) is 22.8. The molecule has 306 valence electrons. The lowest BCUT2D eigenvalue weighted by Crippen LogP contribution is -2.37. The molecule has 2 atom stereocenters. The van der Waals surface area contributed by atoms with Gasteiger partial charge in [-0.1, -0.05) is 154 Å². The Bertz CT molecular complexity index is 931. The molecule has 8 nitrogen and oxygen atoms in total. The second kappa shape index (κ2) is 36.5. The van der Waals surface area contributed by atoms with Gasteiger partial charge >= 0.3 is 13.8 Å². The second-order valence-electron chi connectivity index (χ2n) is 15.4. The summed E-state index contributed by atoms with van der Waals surface area (Å²) in [6, 6.07) is 0. The fraction of sp³-hybridized carbons (Fsp3) is 0.837. The number of carbonyl (C=O) groups is 1. The molecule has 1 unspecified atom stereocenters. The normalized spacial score (nSPS) is 14.1. The first-order valence-electron chi connectivity index (χ1n) is 21.3. The van der Waals surface area contributed by atoms with Gasteiger partial charge in [-0.25, -0.2) is 4.57 Å². The molecule has 0 aliphatic rings. The van der Waals surface area contributed by atoms with E-state index < -0.39 is 13.9 Å². The van der Waals surface area contributed by atoms with Gasteiger partial charge in [0.15, 0.2) is 6.10 Å². The number of allylic oxidation sites excluding steroid dienone is 5. The highest BCUT2D eigenvalue weighted by Gasteiger charge is 2.26. The lowest BCUT2D eigenvalue weighted by atomic mass is 10.0. The topological polar surface area (TPSA) is 91.3 Å². The van der Waals surface area contributed by atoms with E-state index in [4.69, 9.17) is 18.5 Å². The van der Waals surface area contributed by atoms with E-state index in [9.17, 15) is 14.3 Å². The Hall–Kier alpha value is -1.44. The number of unbranched alkanes of at least 4 members (excludes halogenated alkanes) is 21. The summed E-state index contributed by atoms with van der Waals surface area (Å²) < 4.78 is 34.7. The van der Waals surface area contributed by atoms with Crippen LogP contribution in [0.25, 0.3) is 0 Å². The van der Waals surface area contributed by atoms with E-state index in [0.29, 0.717) is 17.4 Å². The van der Waals surface area contributed by atoms with Crippen LogP contribution in [0.15, 0.2) is 36.6 Å². The summed E-state index contributed by atoms with van der Waals surface area (Å²) >= 11 is 0. The van der Waals surface area contributed by atoms with Crippen LogP contribution in [0.2, 0.25) is 0 Å². The van der Waals surface area contributed by atoms with Crippen LogP contribution in [0.4, 0.5) is 0 Å². The number of nitrogens with zero attached hydrogens (tertiary/aromatic N) is 1. The van der Waals surface area contributed by atoms with Gasteiger partial charge in [0.25, 0.3) is 0 Å². The zero-order valence-corrected chi connectivity index (χ0v) is 35.4. The van der Waals surface area contributed by atoms with E-state index in [1.54, 1.807) is 6.26 Å². The Balaban J connectivity index is 4.32. The van der Waals surface area contributed by atoms with Gasteiger partial charge in [-0.2, -0.15) is 0 Å². The number of hydrogen-bond acceptors (Lipinski definition) is 6. The Morgan fingerprint density at radius 1 is 0.615 bits per heavy atom. The van der Waals surface area contributed by atoms with E-state index in [0.717, 1.165) is 57.8 Å². The van der Waals surface area contributed by atoms with Crippen molar-refractivity contribution in [2.45, 2.75) is 187 Å². The van der Waals surface area contributed by atoms with Crippen LogP contribution in [0.3, 0.4) is 0 Å². The summed E-state index contributed by atoms with van der Waals surface area (Å²) in [5, 5.41) is 0. The van der Waals surface area contributed by atoms with Crippen LogP contribution in [-0.2, 0) is 27.9 Å². The van der Waals surface area contributed by atoms with Crippen molar-refractivity contribution in [1.82, 2.24) is 0 Å². The zero-order valence-electron chi connectivity index (χ0n) is 34.5. The van der Waals surface area contributed by atoms with Gasteiger partial charge in [0.1, 0.15) is 19.8 Å². The average molecular weight is 757 g/mol. The Morgan fingerprint density at radius 2 is 1.10 bits per heavy atom. The molecule has 9 heteroatoms. The fourth-order valence-electron chi connectivity index (χ4n) is 5.65. The van der Waals surface area contributed by atoms with E-state index in [-0.39, 0.29) is 25.8 Å². The van der Waals surface area contributed by atoms with Gasteiger partial charge < -0.3 is 18.9 Å². The molecule has 0 aromatic carbocycles. The Kier molecular flexibility index (Phi) is 35.5. The molecule has 0 bridgehead atoms. The van der Waals surface area contributed by atoms with Crippen molar-refractivity contribution in [2.24, 2.45) is 0 Å². The maximum absolute atomic E-state index is 12.6. The summed E-state index contributed by atoms with van der Waals surface area (Å²) in [4.78, 5) is 22.8. The number of esters is 1. The number of rotatable bonds is 39. The minimum absolute atomic E-state index is 0.0436. The molecule has 0 aromatic heterocycles. The van der Waals surface area contributed by atoms with Crippen LogP contribution in [0, 0.1) is 0 Å². The molecule has 0 amide bonds. The van der Waals surface area contributed by atoms with Crippen molar-refractivity contribution in [3.63, 3.8) is 0 Å². The minimum Gasteiger partial charge on any atom is -0.498 e. The molecule has 0 fully saturated rings. The number of phosphoric ester groups is 1. The Labute approximate surface area is 321 Å². The van der Waals surface area contributed by atoms with Crippen molar-refractivity contribution in [1.29, 1.82) is 0 Å². The maximum Gasteiger partial charge on any atom is 0.472 e. The third-order valence-corrected chi connectivity index (χ3v) is 10.0. The van der Waals surface area contributed by atoms with Crippen LogP contribution in [-0.4, -0.2) is 69.0 Å². The molecule has 0 radical (unpaired) electrons. The molecule has 0 aliphatic heterocycles. The lowest BCUT2D eigenvalue weighted by Gasteiger charge is -2.24. The predicted molar refractivity (Wildman–Crippen MR) is 219 cm³/mol. The number of likely N-dealkylation sites (N-methyl/N-ethyl adjacent to an activating group) is 1. The van der Waals surface area contributed by atoms with Crippen LogP contribution in [0.5, 0.6) is 0 Å². The van der Waals surface area contributed by atoms with Gasteiger partial charge in [0.05, 0.1) is 34.0 Å². The number of carbonyl (C=O) groups excluding carboxylic acids is 1. The lowest BCUT2D eigenvalue weighted by molar-refractivity contribution is -0.870. The maximum atomic E-state index is 12.6. The molecule has 52 heavy (non-hydrogen) atoms. The predicted octanol–water partition coefficient (Wildman–Crippen LogP) is 12.6. The number of hydrogen-bond donors (Lipinski definition) is 1. The summed E-state index contributed by atoms with van der Waals surface area (Å²) in [7, 11) is 1.63. The number of phosphoric acid groups is 1. The van der Waals surface area contributed by atoms with Crippen LogP contribution < -0.4 is 0 Å². The SMILES string of the molecule is CCCC/C=C/C/C=C/CCCCCCCC(=O)O[C@H](CO/C=C/CCCCCCCCCCCCCCCC)COP(=O)(O)OCC[N+](C)(C)C. The molecule has 1 N–H and O–H groups in total. The molecular weight excluding hydrogens is 673 g/mol. The smallest absolute Gasteiger partial charge is 0.472 e. The molecule has 0 aromatic rings.